The number of piperazine rings is 1. The van der Waals surface area contributed by atoms with Gasteiger partial charge in [0, 0.05) is 45.7 Å². The van der Waals surface area contributed by atoms with Crippen LogP contribution in [0.25, 0.3) is 11.1 Å². The Bertz CT molecular complexity index is 1380. The maximum absolute atomic E-state index is 13.1. The van der Waals surface area contributed by atoms with Crippen LogP contribution in [0.1, 0.15) is 36.8 Å². The first-order valence-corrected chi connectivity index (χ1v) is 14.0. The number of anilines is 2. The first-order valence-electron chi connectivity index (χ1n) is 14.0. The van der Waals surface area contributed by atoms with Crippen LogP contribution in [0.15, 0.2) is 66.7 Å². The number of benzene rings is 3. The lowest BCUT2D eigenvalue weighted by atomic mass is 9.98. The van der Waals surface area contributed by atoms with E-state index in [1.54, 1.807) is 37.1 Å². The molecule has 41 heavy (non-hydrogen) atoms. The van der Waals surface area contributed by atoms with Gasteiger partial charge in [0.05, 0.1) is 17.9 Å². The van der Waals surface area contributed by atoms with Gasteiger partial charge in [-0.15, -0.1) is 0 Å². The number of fused-ring (bicyclic) bond motifs is 3. The van der Waals surface area contributed by atoms with Crippen molar-refractivity contribution in [3.8, 4) is 16.9 Å². The van der Waals surface area contributed by atoms with Crippen LogP contribution in [0.3, 0.4) is 0 Å². The maximum Gasteiger partial charge on any atom is 0.411 e. The van der Waals surface area contributed by atoms with Gasteiger partial charge >= 0.3 is 12.1 Å². The van der Waals surface area contributed by atoms with Crippen LogP contribution >= 0.6 is 0 Å². The second kappa shape index (κ2) is 13.0. The number of para-hydroxylation sites is 1. The van der Waals surface area contributed by atoms with E-state index in [9.17, 15) is 14.4 Å². The molecule has 9 heteroatoms. The fourth-order valence-electron chi connectivity index (χ4n) is 5.47. The Morgan fingerprint density at radius 1 is 0.951 bits per heavy atom. The van der Waals surface area contributed by atoms with E-state index in [2.05, 4.69) is 34.5 Å². The number of carbonyl (C=O) groups excluding carboxylic acids is 3. The summed E-state index contributed by atoms with van der Waals surface area (Å²) in [6, 6.07) is 21.3. The summed E-state index contributed by atoms with van der Waals surface area (Å²) >= 11 is 0. The van der Waals surface area contributed by atoms with E-state index in [0.29, 0.717) is 25.4 Å². The standard InChI is InChI=1S/C32H35N3O6/c1-3-30(37)41-31-27(14-8-15-28(31)35-18-17-34(20-29(35)36)16-9-19-39-2)33-32(38)40-21-26-24-12-6-4-10-22(24)23-11-5-7-13-25(23)26/h4-8,10-15,26H,3,9,16-21H2,1-2H3,(H,33,38). The number of hydrogen-bond donors (Lipinski definition) is 1. The molecule has 1 heterocycles. The molecule has 214 valence electrons. The third-order valence-electron chi connectivity index (χ3n) is 7.49. The molecule has 9 nitrogen and oxygen atoms in total. The van der Waals surface area contributed by atoms with Crippen molar-refractivity contribution in [3.05, 3.63) is 77.9 Å². The summed E-state index contributed by atoms with van der Waals surface area (Å²) in [5, 5.41) is 2.75. The molecule has 1 N–H and O–H groups in total. The lowest BCUT2D eigenvalue weighted by molar-refractivity contribution is -0.134. The molecule has 1 aliphatic carbocycles. The number of nitrogens with one attached hydrogen (secondary N) is 1. The van der Waals surface area contributed by atoms with Crippen LogP contribution in [0, 0.1) is 0 Å². The first kappa shape index (κ1) is 28.3. The molecule has 1 aliphatic heterocycles. The summed E-state index contributed by atoms with van der Waals surface area (Å²) in [7, 11) is 1.66. The van der Waals surface area contributed by atoms with Crippen molar-refractivity contribution in [2.24, 2.45) is 0 Å². The van der Waals surface area contributed by atoms with E-state index < -0.39 is 12.1 Å². The molecule has 1 fully saturated rings. The smallest absolute Gasteiger partial charge is 0.411 e. The zero-order chi connectivity index (χ0) is 28.8. The van der Waals surface area contributed by atoms with Gasteiger partial charge in [0.25, 0.3) is 0 Å². The second-order valence-electron chi connectivity index (χ2n) is 10.1. The summed E-state index contributed by atoms with van der Waals surface area (Å²) < 4.78 is 16.5. The summed E-state index contributed by atoms with van der Waals surface area (Å²) in [6.07, 6.45) is 0.301. The predicted molar refractivity (Wildman–Crippen MR) is 156 cm³/mol. The number of rotatable bonds is 10. The van der Waals surface area contributed by atoms with Crippen LogP contribution in [-0.4, -0.2) is 69.4 Å². The molecular formula is C32H35N3O6. The van der Waals surface area contributed by atoms with Crippen molar-refractivity contribution in [1.82, 2.24) is 4.90 Å². The molecule has 0 aromatic heterocycles. The van der Waals surface area contributed by atoms with E-state index in [1.165, 1.54) is 0 Å². The number of methoxy groups -OCH3 is 1. The number of esters is 1. The molecule has 3 aromatic rings. The van der Waals surface area contributed by atoms with Gasteiger partial charge in [0.15, 0.2) is 5.75 Å². The van der Waals surface area contributed by atoms with Gasteiger partial charge in [0.1, 0.15) is 6.61 Å². The summed E-state index contributed by atoms with van der Waals surface area (Å²) in [5.74, 6) is -0.539. The predicted octanol–water partition coefficient (Wildman–Crippen LogP) is 5.05. The fourth-order valence-corrected chi connectivity index (χ4v) is 5.47. The zero-order valence-corrected chi connectivity index (χ0v) is 23.4. The van der Waals surface area contributed by atoms with Gasteiger partial charge in [0.2, 0.25) is 5.91 Å². The first-order chi connectivity index (χ1) is 20.0. The Hall–Kier alpha value is -4.21. The van der Waals surface area contributed by atoms with E-state index >= 15 is 0 Å². The Morgan fingerprint density at radius 3 is 2.32 bits per heavy atom. The van der Waals surface area contributed by atoms with Crippen molar-refractivity contribution in [2.75, 3.05) is 56.7 Å². The van der Waals surface area contributed by atoms with Crippen LogP contribution in [0.4, 0.5) is 16.2 Å². The normalized spacial score (nSPS) is 14.9. The van der Waals surface area contributed by atoms with Gasteiger partial charge in [-0.05, 0) is 40.8 Å². The Kier molecular flexibility index (Phi) is 8.96. The largest absolute Gasteiger partial charge is 0.448 e. The monoisotopic (exact) mass is 557 g/mol. The highest BCUT2D eigenvalue weighted by atomic mass is 16.6. The molecule has 0 radical (unpaired) electrons. The maximum atomic E-state index is 13.1. The average Bonchev–Trinajstić information content (AvgIpc) is 3.31. The Labute approximate surface area is 240 Å². The Balaban J connectivity index is 1.31. The van der Waals surface area contributed by atoms with E-state index in [0.717, 1.165) is 35.2 Å². The van der Waals surface area contributed by atoms with Gasteiger partial charge in [-0.25, -0.2) is 4.79 Å². The van der Waals surface area contributed by atoms with Gasteiger partial charge < -0.3 is 19.1 Å². The highest BCUT2D eigenvalue weighted by Gasteiger charge is 2.31. The van der Waals surface area contributed by atoms with Crippen molar-refractivity contribution in [1.29, 1.82) is 0 Å². The number of carbonyl (C=O) groups is 3. The fraction of sp³-hybridized carbons (Fsp3) is 0.344. The average molecular weight is 558 g/mol. The molecule has 2 aliphatic rings. The molecule has 3 aromatic carbocycles. The lowest BCUT2D eigenvalue weighted by Crippen LogP contribution is -2.50. The summed E-state index contributed by atoms with van der Waals surface area (Å²) in [4.78, 5) is 42.2. The Morgan fingerprint density at radius 2 is 1.66 bits per heavy atom. The topological polar surface area (TPSA) is 97.4 Å². The van der Waals surface area contributed by atoms with Crippen LogP contribution < -0.4 is 15.0 Å². The number of nitrogens with zero attached hydrogens (tertiary/aromatic N) is 2. The molecule has 0 saturated carbocycles. The highest BCUT2D eigenvalue weighted by Crippen LogP contribution is 2.44. The lowest BCUT2D eigenvalue weighted by Gasteiger charge is -2.35. The SMILES string of the molecule is CCC(=O)Oc1c(NC(=O)OCC2c3ccccc3-c3ccccc32)cccc1N1CCN(CCCOC)CC1=O. The van der Waals surface area contributed by atoms with Crippen LogP contribution in [-0.2, 0) is 19.1 Å². The van der Waals surface area contributed by atoms with Gasteiger partial charge in [-0.2, -0.15) is 0 Å². The third kappa shape index (κ3) is 6.26. The zero-order valence-electron chi connectivity index (χ0n) is 23.4. The quantitative estimate of drug-likeness (QED) is 0.212. The number of ether oxygens (including phenoxy) is 3. The molecule has 2 amide bonds. The third-order valence-corrected chi connectivity index (χ3v) is 7.49. The van der Waals surface area contributed by atoms with Crippen LogP contribution in [0.5, 0.6) is 5.75 Å². The van der Waals surface area contributed by atoms with Crippen molar-refractivity contribution >= 4 is 29.3 Å². The van der Waals surface area contributed by atoms with Gasteiger partial charge in [-0.1, -0.05) is 61.5 Å². The molecule has 5 rings (SSSR count). The van der Waals surface area contributed by atoms with Crippen molar-refractivity contribution in [2.45, 2.75) is 25.7 Å². The molecule has 0 unspecified atom stereocenters. The van der Waals surface area contributed by atoms with Crippen molar-refractivity contribution < 1.29 is 28.6 Å². The van der Waals surface area contributed by atoms with Crippen molar-refractivity contribution in [3.63, 3.8) is 0 Å². The summed E-state index contributed by atoms with van der Waals surface area (Å²) in [5.41, 5.74) is 5.20. The van der Waals surface area contributed by atoms with Gasteiger partial charge in [-0.3, -0.25) is 19.8 Å². The minimum atomic E-state index is -0.674. The molecular weight excluding hydrogens is 522 g/mol. The minimum Gasteiger partial charge on any atom is -0.448 e. The van der Waals surface area contributed by atoms with E-state index in [-0.39, 0.29) is 42.8 Å². The number of hydrogen-bond acceptors (Lipinski definition) is 7. The summed E-state index contributed by atoms with van der Waals surface area (Å²) in [6.45, 7) is 4.57. The molecule has 1 saturated heterocycles. The highest BCUT2D eigenvalue weighted by molar-refractivity contribution is 6.00. The number of amides is 2. The van der Waals surface area contributed by atoms with E-state index in [1.807, 2.05) is 24.3 Å². The molecule has 0 atom stereocenters. The van der Waals surface area contributed by atoms with E-state index in [4.69, 9.17) is 14.2 Å². The second-order valence-corrected chi connectivity index (χ2v) is 10.1. The molecule has 0 spiro atoms. The minimum absolute atomic E-state index is 0.0883. The van der Waals surface area contributed by atoms with Crippen LogP contribution in [0.2, 0.25) is 0 Å². The molecule has 0 bridgehead atoms.